The third-order valence-corrected chi connectivity index (χ3v) is 6.13. The second kappa shape index (κ2) is 8.54. The van der Waals surface area contributed by atoms with E-state index in [1.54, 1.807) is 6.92 Å². The van der Waals surface area contributed by atoms with Gasteiger partial charge >= 0.3 is 12.1 Å². The smallest absolute Gasteiger partial charge is 0.417 e. The summed E-state index contributed by atoms with van der Waals surface area (Å²) in [4.78, 5) is 11.7. The highest BCUT2D eigenvalue weighted by molar-refractivity contribution is 7.17. The Morgan fingerprint density at radius 1 is 1.20 bits per heavy atom. The Labute approximate surface area is 176 Å². The van der Waals surface area contributed by atoms with E-state index in [4.69, 9.17) is 9.47 Å². The van der Waals surface area contributed by atoms with E-state index in [0.717, 1.165) is 38.9 Å². The second-order valence-corrected chi connectivity index (χ2v) is 7.93. The molecule has 0 N–H and O–H groups in total. The van der Waals surface area contributed by atoms with E-state index in [-0.39, 0.29) is 19.0 Å². The molecule has 0 radical (unpaired) electrons. The number of hydrogen-bond acceptors (Lipinski definition) is 4. The summed E-state index contributed by atoms with van der Waals surface area (Å²) in [5.41, 5.74) is 5.96. The average Bonchev–Trinajstić information content (AvgIpc) is 3.00. The number of aryl methyl sites for hydroxylation is 2. The van der Waals surface area contributed by atoms with Gasteiger partial charge in [-0.3, -0.25) is 4.79 Å². The maximum absolute atomic E-state index is 12.9. The Morgan fingerprint density at radius 2 is 1.93 bits per heavy atom. The van der Waals surface area contributed by atoms with Crippen molar-refractivity contribution in [3.63, 3.8) is 0 Å². The first-order valence-corrected chi connectivity index (χ1v) is 10.1. The number of carbonyl (C=O) groups excluding carboxylic acids is 1. The van der Waals surface area contributed by atoms with Crippen molar-refractivity contribution in [3.8, 4) is 5.75 Å². The zero-order valence-corrected chi connectivity index (χ0v) is 17.9. The largest absolute Gasteiger partial charge is 0.489 e. The van der Waals surface area contributed by atoms with Gasteiger partial charge in [0.25, 0.3) is 0 Å². The normalized spacial score (nSPS) is 14.2. The van der Waals surface area contributed by atoms with Gasteiger partial charge in [-0.05, 0) is 72.0 Å². The molecule has 7 heteroatoms. The summed E-state index contributed by atoms with van der Waals surface area (Å²) in [7, 11) is 1.36. The van der Waals surface area contributed by atoms with Gasteiger partial charge in [-0.2, -0.15) is 13.2 Å². The molecule has 30 heavy (non-hydrogen) atoms. The molecule has 3 nitrogen and oxygen atoms in total. The number of rotatable bonds is 5. The van der Waals surface area contributed by atoms with Crippen LogP contribution >= 0.6 is 11.3 Å². The predicted octanol–water partition coefficient (Wildman–Crippen LogP) is 6.14. The lowest BCUT2D eigenvalue weighted by Crippen LogP contribution is -2.09. The fraction of sp³-hybridized carbons (Fsp3) is 0.304. The minimum Gasteiger partial charge on any atom is -0.489 e. The van der Waals surface area contributed by atoms with E-state index in [1.807, 2.05) is 25.3 Å². The van der Waals surface area contributed by atoms with Gasteiger partial charge in [-0.15, -0.1) is 17.1 Å². The van der Waals surface area contributed by atoms with Crippen LogP contribution in [0.3, 0.4) is 0 Å². The summed E-state index contributed by atoms with van der Waals surface area (Å²) in [6.07, 6.45) is -0.792. The quantitative estimate of drug-likeness (QED) is 0.419. The number of ether oxygens (including phenoxy) is 2. The molecule has 0 fully saturated rings. The molecule has 0 spiro atoms. The maximum Gasteiger partial charge on any atom is 0.417 e. The first-order valence-electron chi connectivity index (χ1n) is 9.23. The minimum atomic E-state index is -4.42. The van der Waals surface area contributed by atoms with Gasteiger partial charge in [-0.25, -0.2) is 0 Å². The number of allylic oxidation sites excluding steroid dienone is 3. The fourth-order valence-corrected chi connectivity index (χ4v) is 4.38. The van der Waals surface area contributed by atoms with Crippen molar-refractivity contribution in [2.24, 2.45) is 0 Å². The molecule has 1 aromatic heterocycles. The molecular formula is C23H21F3O3S. The summed E-state index contributed by atoms with van der Waals surface area (Å²) in [5, 5.41) is 2.96. The molecule has 1 heterocycles. The first-order chi connectivity index (χ1) is 14.1. The Morgan fingerprint density at radius 3 is 2.60 bits per heavy atom. The molecule has 0 amide bonds. The molecule has 1 aromatic carbocycles. The van der Waals surface area contributed by atoms with Crippen LogP contribution in [0, 0.1) is 13.8 Å². The van der Waals surface area contributed by atoms with Crippen LogP contribution in [0.15, 0.2) is 52.1 Å². The Bertz CT molecular complexity index is 1130. The highest BCUT2D eigenvalue weighted by Crippen LogP contribution is 2.37. The Hall–Kier alpha value is -2.76. The highest BCUT2D eigenvalue weighted by atomic mass is 32.1. The van der Waals surface area contributed by atoms with Gasteiger partial charge < -0.3 is 9.47 Å². The fourth-order valence-electron chi connectivity index (χ4n) is 3.23. The monoisotopic (exact) mass is 434 g/mol. The zero-order chi connectivity index (χ0) is 22.1. The number of methoxy groups -OCH3 is 1. The SMILES string of the molecule is COC(=O)Cc1csc2c(C)c(OCC3=CC=C(C(F)(F)F)C=C=C3C)cc(C)c12. The van der Waals surface area contributed by atoms with Gasteiger partial charge in [0.1, 0.15) is 12.4 Å². The van der Waals surface area contributed by atoms with Gasteiger partial charge in [0, 0.05) is 10.3 Å². The molecule has 3 rings (SSSR count). The molecule has 0 unspecified atom stereocenters. The number of benzene rings is 1. The van der Waals surface area contributed by atoms with Crippen LogP contribution in [0.5, 0.6) is 5.75 Å². The van der Waals surface area contributed by atoms with Crippen molar-refractivity contribution < 1.29 is 27.4 Å². The van der Waals surface area contributed by atoms with Crippen LogP contribution in [0.1, 0.15) is 23.6 Å². The van der Waals surface area contributed by atoms with Crippen molar-refractivity contribution in [3.05, 3.63) is 68.8 Å². The van der Waals surface area contributed by atoms with Crippen LogP contribution in [0.2, 0.25) is 0 Å². The van der Waals surface area contributed by atoms with Crippen molar-refractivity contribution in [1.82, 2.24) is 0 Å². The number of esters is 1. The molecule has 1 aliphatic carbocycles. The molecule has 158 valence electrons. The third-order valence-electron chi connectivity index (χ3n) is 4.98. The first kappa shape index (κ1) is 21.9. The van der Waals surface area contributed by atoms with Crippen molar-refractivity contribution >= 4 is 27.4 Å². The van der Waals surface area contributed by atoms with E-state index in [0.29, 0.717) is 16.9 Å². The number of fused-ring (bicyclic) bond motifs is 1. The highest BCUT2D eigenvalue weighted by Gasteiger charge is 2.31. The lowest BCUT2D eigenvalue weighted by atomic mass is 10.0. The molecular weight excluding hydrogens is 413 g/mol. The zero-order valence-electron chi connectivity index (χ0n) is 17.1. The van der Waals surface area contributed by atoms with Crippen LogP contribution in [0.25, 0.3) is 10.1 Å². The van der Waals surface area contributed by atoms with Crippen molar-refractivity contribution in [1.29, 1.82) is 0 Å². The van der Waals surface area contributed by atoms with E-state index >= 15 is 0 Å². The van der Waals surface area contributed by atoms with Crippen molar-refractivity contribution in [2.45, 2.75) is 33.4 Å². The molecule has 0 atom stereocenters. The van der Waals surface area contributed by atoms with E-state index in [2.05, 4.69) is 5.73 Å². The topological polar surface area (TPSA) is 35.5 Å². The number of alkyl halides is 3. The molecule has 0 saturated carbocycles. The van der Waals surface area contributed by atoms with Crippen LogP contribution in [-0.4, -0.2) is 25.9 Å². The number of thiophene rings is 1. The third kappa shape index (κ3) is 4.53. The van der Waals surface area contributed by atoms with Gasteiger partial charge in [0.15, 0.2) is 0 Å². The van der Waals surface area contributed by atoms with E-state index < -0.39 is 11.7 Å². The molecule has 0 aliphatic heterocycles. The summed E-state index contributed by atoms with van der Waals surface area (Å²) in [6, 6.07) is 1.90. The van der Waals surface area contributed by atoms with Crippen LogP contribution < -0.4 is 4.74 Å². The Kier molecular flexibility index (Phi) is 6.25. The molecule has 1 aliphatic rings. The van der Waals surface area contributed by atoms with Gasteiger partial charge in [0.2, 0.25) is 0 Å². The van der Waals surface area contributed by atoms with Gasteiger partial charge in [0.05, 0.1) is 19.1 Å². The van der Waals surface area contributed by atoms with E-state index in [1.165, 1.54) is 24.5 Å². The number of carbonyl (C=O) groups is 1. The number of halogens is 3. The summed E-state index contributed by atoms with van der Waals surface area (Å²) < 4.78 is 50.6. The number of hydrogen-bond donors (Lipinski definition) is 0. The minimum absolute atomic E-state index is 0.125. The van der Waals surface area contributed by atoms with Crippen LogP contribution in [0.4, 0.5) is 13.2 Å². The molecule has 2 aromatic rings. The molecule has 0 saturated heterocycles. The summed E-state index contributed by atoms with van der Waals surface area (Å²) in [5.74, 6) is 0.363. The lowest BCUT2D eigenvalue weighted by molar-refractivity contribution is -0.139. The summed E-state index contributed by atoms with van der Waals surface area (Å²) in [6.45, 7) is 5.71. The maximum atomic E-state index is 12.9. The van der Waals surface area contributed by atoms with Crippen LogP contribution in [-0.2, 0) is 16.0 Å². The average molecular weight is 434 g/mol. The summed E-state index contributed by atoms with van der Waals surface area (Å²) >= 11 is 1.53. The lowest BCUT2D eigenvalue weighted by Gasteiger charge is -2.14. The predicted molar refractivity (Wildman–Crippen MR) is 112 cm³/mol. The standard InChI is InChI=1S/C23H21F3O3S/c1-13-5-7-18(23(24,25)26)8-6-16(13)11-29-19-9-14(2)21-17(10-20(27)28-4)12-30-22(21)15(19)3/h6-9,12H,10-11H2,1-4H3. The second-order valence-electron chi connectivity index (χ2n) is 7.05. The Balaban J connectivity index is 1.88. The molecule has 0 bridgehead atoms. The van der Waals surface area contributed by atoms with Gasteiger partial charge in [-0.1, -0.05) is 6.08 Å². The van der Waals surface area contributed by atoms with Crippen molar-refractivity contribution in [2.75, 3.05) is 13.7 Å². The van der Waals surface area contributed by atoms with E-state index in [9.17, 15) is 18.0 Å².